The van der Waals surface area contributed by atoms with Gasteiger partial charge in [-0.1, -0.05) is 12.1 Å². The SMILES string of the molecule is C=CCCNC(=O)CCOc1cccc(N)c1. The predicted molar refractivity (Wildman–Crippen MR) is 68.8 cm³/mol. The lowest BCUT2D eigenvalue weighted by Crippen LogP contribution is -2.25. The fourth-order valence-electron chi connectivity index (χ4n) is 1.27. The van der Waals surface area contributed by atoms with Gasteiger partial charge >= 0.3 is 0 Å². The molecule has 1 rings (SSSR count). The third-order valence-electron chi connectivity index (χ3n) is 2.13. The van der Waals surface area contributed by atoms with Crippen LogP contribution in [0.15, 0.2) is 36.9 Å². The lowest BCUT2D eigenvalue weighted by Gasteiger charge is -2.07. The second kappa shape index (κ2) is 7.33. The van der Waals surface area contributed by atoms with Crippen LogP contribution in [0.2, 0.25) is 0 Å². The van der Waals surface area contributed by atoms with Crippen molar-refractivity contribution >= 4 is 11.6 Å². The topological polar surface area (TPSA) is 64.3 Å². The molecule has 1 aromatic rings. The minimum Gasteiger partial charge on any atom is -0.493 e. The number of carbonyl (C=O) groups excluding carboxylic acids is 1. The van der Waals surface area contributed by atoms with Crippen molar-refractivity contribution < 1.29 is 9.53 Å². The Labute approximate surface area is 101 Å². The van der Waals surface area contributed by atoms with Crippen molar-refractivity contribution in [2.24, 2.45) is 0 Å². The average molecular weight is 234 g/mol. The van der Waals surface area contributed by atoms with Crippen LogP contribution in [-0.2, 0) is 4.79 Å². The van der Waals surface area contributed by atoms with Crippen LogP contribution in [0.1, 0.15) is 12.8 Å². The number of nitrogen functional groups attached to an aromatic ring is 1. The molecular formula is C13H18N2O2. The quantitative estimate of drug-likeness (QED) is 0.429. The Morgan fingerprint density at radius 2 is 2.35 bits per heavy atom. The van der Waals surface area contributed by atoms with Gasteiger partial charge in [-0.15, -0.1) is 6.58 Å². The Morgan fingerprint density at radius 3 is 3.06 bits per heavy atom. The molecule has 0 aliphatic heterocycles. The molecule has 17 heavy (non-hydrogen) atoms. The fourth-order valence-corrected chi connectivity index (χ4v) is 1.27. The molecule has 1 amide bonds. The second-order valence-electron chi connectivity index (χ2n) is 3.60. The number of nitrogens with two attached hydrogens (primary N) is 1. The molecule has 0 spiro atoms. The highest BCUT2D eigenvalue weighted by molar-refractivity contribution is 5.75. The van der Waals surface area contributed by atoms with Crippen molar-refractivity contribution in [3.63, 3.8) is 0 Å². The summed E-state index contributed by atoms with van der Waals surface area (Å²) in [7, 11) is 0. The van der Waals surface area contributed by atoms with Gasteiger partial charge in [0.05, 0.1) is 13.0 Å². The van der Waals surface area contributed by atoms with Gasteiger partial charge < -0.3 is 15.8 Å². The maximum absolute atomic E-state index is 11.3. The van der Waals surface area contributed by atoms with Crippen LogP contribution in [0.5, 0.6) is 5.75 Å². The number of nitrogens with one attached hydrogen (secondary N) is 1. The molecule has 0 aliphatic rings. The van der Waals surface area contributed by atoms with Crippen LogP contribution < -0.4 is 15.8 Å². The largest absolute Gasteiger partial charge is 0.493 e. The van der Waals surface area contributed by atoms with Crippen LogP contribution >= 0.6 is 0 Å². The van der Waals surface area contributed by atoms with Crippen molar-refractivity contribution in [2.45, 2.75) is 12.8 Å². The van der Waals surface area contributed by atoms with Crippen molar-refractivity contribution in [2.75, 3.05) is 18.9 Å². The second-order valence-corrected chi connectivity index (χ2v) is 3.60. The molecule has 4 heteroatoms. The Hall–Kier alpha value is -1.97. The number of hydrogen-bond acceptors (Lipinski definition) is 3. The van der Waals surface area contributed by atoms with Gasteiger partial charge in [-0.3, -0.25) is 4.79 Å². The maximum Gasteiger partial charge on any atom is 0.223 e. The lowest BCUT2D eigenvalue weighted by molar-refractivity contribution is -0.121. The maximum atomic E-state index is 11.3. The van der Waals surface area contributed by atoms with Gasteiger partial charge in [-0.05, 0) is 18.6 Å². The number of hydrogen-bond donors (Lipinski definition) is 2. The van der Waals surface area contributed by atoms with Crippen LogP contribution in [0.3, 0.4) is 0 Å². The summed E-state index contributed by atoms with van der Waals surface area (Å²) in [6, 6.07) is 7.14. The van der Waals surface area contributed by atoms with Crippen molar-refractivity contribution in [3.8, 4) is 5.75 Å². The van der Waals surface area contributed by atoms with Crippen LogP contribution in [0.4, 0.5) is 5.69 Å². The highest BCUT2D eigenvalue weighted by Crippen LogP contribution is 2.14. The highest BCUT2D eigenvalue weighted by atomic mass is 16.5. The summed E-state index contributed by atoms with van der Waals surface area (Å²) in [5.41, 5.74) is 6.25. The van der Waals surface area contributed by atoms with E-state index in [0.29, 0.717) is 31.0 Å². The lowest BCUT2D eigenvalue weighted by atomic mass is 10.3. The number of ether oxygens (including phenoxy) is 1. The van der Waals surface area contributed by atoms with Crippen molar-refractivity contribution in [3.05, 3.63) is 36.9 Å². The van der Waals surface area contributed by atoms with Crippen LogP contribution in [0.25, 0.3) is 0 Å². The summed E-state index contributed by atoms with van der Waals surface area (Å²) in [6.07, 6.45) is 2.89. The molecule has 92 valence electrons. The molecule has 1 aromatic carbocycles. The van der Waals surface area contributed by atoms with Crippen LogP contribution in [-0.4, -0.2) is 19.1 Å². The predicted octanol–water partition coefficient (Wildman–Crippen LogP) is 1.73. The Bertz CT molecular complexity index is 377. The smallest absolute Gasteiger partial charge is 0.223 e. The zero-order valence-electron chi connectivity index (χ0n) is 9.82. The van der Waals surface area contributed by atoms with E-state index in [0.717, 1.165) is 6.42 Å². The number of benzene rings is 1. The minimum absolute atomic E-state index is 0.0178. The molecule has 0 heterocycles. The Morgan fingerprint density at radius 1 is 1.53 bits per heavy atom. The third-order valence-corrected chi connectivity index (χ3v) is 2.13. The summed E-state index contributed by atoms with van der Waals surface area (Å²) in [4.78, 5) is 11.3. The van der Waals surface area contributed by atoms with E-state index in [4.69, 9.17) is 10.5 Å². The van der Waals surface area contributed by atoms with Crippen molar-refractivity contribution in [1.82, 2.24) is 5.32 Å². The van der Waals surface area contributed by atoms with E-state index in [1.54, 1.807) is 18.2 Å². The molecule has 4 nitrogen and oxygen atoms in total. The number of amides is 1. The minimum atomic E-state index is -0.0178. The van der Waals surface area contributed by atoms with Gasteiger partial charge in [-0.25, -0.2) is 0 Å². The van der Waals surface area contributed by atoms with Gasteiger partial charge in [0, 0.05) is 18.3 Å². The molecule has 0 aliphatic carbocycles. The van der Waals surface area contributed by atoms with Gasteiger partial charge in [-0.2, -0.15) is 0 Å². The Balaban J connectivity index is 2.19. The molecule has 0 unspecified atom stereocenters. The van der Waals surface area contributed by atoms with E-state index in [-0.39, 0.29) is 5.91 Å². The summed E-state index contributed by atoms with van der Waals surface area (Å²) < 4.78 is 5.40. The molecule has 0 atom stereocenters. The molecule has 0 saturated heterocycles. The monoisotopic (exact) mass is 234 g/mol. The first-order chi connectivity index (χ1) is 8.22. The number of anilines is 1. The standard InChI is InChI=1S/C13H18N2O2/c1-2-3-8-15-13(16)7-9-17-12-6-4-5-11(14)10-12/h2,4-6,10H,1,3,7-9,14H2,(H,15,16). The normalized spacial score (nSPS) is 9.65. The third kappa shape index (κ3) is 5.61. The molecule has 3 N–H and O–H groups in total. The molecule has 0 fully saturated rings. The molecule has 0 bridgehead atoms. The first-order valence-corrected chi connectivity index (χ1v) is 5.58. The first-order valence-electron chi connectivity index (χ1n) is 5.58. The van der Waals surface area contributed by atoms with Gasteiger partial charge in [0.25, 0.3) is 0 Å². The molecule has 0 aromatic heterocycles. The molecule has 0 radical (unpaired) electrons. The van der Waals surface area contributed by atoms with E-state index in [1.165, 1.54) is 0 Å². The molecule has 0 saturated carbocycles. The highest BCUT2D eigenvalue weighted by Gasteiger charge is 2.00. The van der Waals surface area contributed by atoms with Gasteiger partial charge in [0.15, 0.2) is 0 Å². The van der Waals surface area contributed by atoms with E-state index in [2.05, 4.69) is 11.9 Å². The van der Waals surface area contributed by atoms with E-state index in [9.17, 15) is 4.79 Å². The molecular weight excluding hydrogens is 216 g/mol. The summed E-state index contributed by atoms with van der Waals surface area (Å²) in [5.74, 6) is 0.666. The summed E-state index contributed by atoms with van der Waals surface area (Å²) >= 11 is 0. The van der Waals surface area contributed by atoms with Crippen molar-refractivity contribution in [1.29, 1.82) is 0 Å². The van der Waals surface area contributed by atoms with Gasteiger partial charge in [0.1, 0.15) is 5.75 Å². The van der Waals surface area contributed by atoms with E-state index >= 15 is 0 Å². The average Bonchev–Trinajstić information content (AvgIpc) is 2.29. The zero-order chi connectivity index (χ0) is 12.5. The number of rotatable bonds is 7. The van der Waals surface area contributed by atoms with E-state index in [1.807, 2.05) is 12.1 Å². The summed E-state index contributed by atoms with van der Waals surface area (Å²) in [6.45, 7) is 4.56. The Kier molecular flexibility index (Phi) is 5.64. The van der Waals surface area contributed by atoms with Crippen LogP contribution in [0, 0.1) is 0 Å². The van der Waals surface area contributed by atoms with E-state index < -0.39 is 0 Å². The fraction of sp³-hybridized carbons (Fsp3) is 0.308. The van der Waals surface area contributed by atoms with Gasteiger partial charge in [0.2, 0.25) is 5.91 Å². The first kappa shape index (κ1) is 13.1. The summed E-state index contributed by atoms with van der Waals surface area (Å²) in [5, 5.41) is 2.77. The zero-order valence-corrected chi connectivity index (χ0v) is 9.82. The number of carbonyl (C=O) groups is 1.